The summed E-state index contributed by atoms with van der Waals surface area (Å²) in [4.78, 5) is 14.6. The van der Waals surface area contributed by atoms with Crippen molar-refractivity contribution < 1.29 is 25.2 Å². The highest BCUT2D eigenvalue weighted by Crippen LogP contribution is 2.42. The van der Waals surface area contributed by atoms with E-state index in [1.54, 1.807) is 24.3 Å². The van der Waals surface area contributed by atoms with E-state index in [4.69, 9.17) is 0 Å². The van der Waals surface area contributed by atoms with Crippen molar-refractivity contribution in [2.45, 2.75) is 75.4 Å². The molecule has 6 heteroatoms. The molecular formula is C36H47NO5. The number of likely N-dealkylation sites (tertiary alicyclic amines) is 1. The fourth-order valence-electron chi connectivity index (χ4n) is 6.59. The predicted molar refractivity (Wildman–Crippen MR) is 166 cm³/mol. The average Bonchev–Trinajstić information content (AvgIpc) is 3.04. The van der Waals surface area contributed by atoms with E-state index in [2.05, 4.69) is 11.8 Å². The zero-order valence-corrected chi connectivity index (χ0v) is 24.9. The second kappa shape index (κ2) is 14.9. The van der Waals surface area contributed by atoms with Crippen molar-refractivity contribution in [3.05, 3.63) is 107 Å². The molecule has 1 aliphatic rings. The first kappa shape index (κ1) is 31.9. The van der Waals surface area contributed by atoms with Crippen LogP contribution in [0.15, 0.2) is 84.9 Å². The standard InChI is InChI=1S/C36H47NO5/c1-2-3-10-23-35(27-38,34(40)41)29-19-17-28(18-20-29)33(39)16-11-24-37-25-21-32(22-26-37)36(42,30-12-6-4-7-13-30)31-14-8-5-9-15-31/h4-9,12-15,17-20,32-33,38-39,42H,2-3,10-11,16,21-27H2,1H3,(H,40,41). The summed E-state index contributed by atoms with van der Waals surface area (Å²) in [6.45, 7) is 4.29. The van der Waals surface area contributed by atoms with E-state index in [9.17, 15) is 25.2 Å². The van der Waals surface area contributed by atoms with Crippen molar-refractivity contribution in [3.63, 3.8) is 0 Å². The maximum Gasteiger partial charge on any atom is 0.316 e. The van der Waals surface area contributed by atoms with Crippen LogP contribution in [0.1, 0.15) is 86.6 Å². The first-order chi connectivity index (χ1) is 20.3. The van der Waals surface area contributed by atoms with Crippen LogP contribution in [0, 0.1) is 5.92 Å². The number of hydrogen-bond acceptors (Lipinski definition) is 5. The molecule has 1 fully saturated rings. The van der Waals surface area contributed by atoms with Crippen LogP contribution >= 0.6 is 0 Å². The number of piperidine rings is 1. The zero-order valence-electron chi connectivity index (χ0n) is 24.9. The molecule has 4 rings (SSSR count). The van der Waals surface area contributed by atoms with Gasteiger partial charge in [-0.25, -0.2) is 0 Å². The van der Waals surface area contributed by atoms with E-state index >= 15 is 0 Å². The molecule has 0 saturated carbocycles. The van der Waals surface area contributed by atoms with Crippen LogP contribution in [0.5, 0.6) is 0 Å². The van der Waals surface area contributed by atoms with Crippen molar-refractivity contribution >= 4 is 5.97 Å². The van der Waals surface area contributed by atoms with E-state index < -0.39 is 29.7 Å². The maximum atomic E-state index is 12.1. The number of aliphatic hydroxyl groups excluding tert-OH is 2. The van der Waals surface area contributed by atoms with Crippen LogP contribution in [0.3, 0.4) is 0 Å². The molecule has 1 heterocycles. The number of rotatable bonds is 15. The molecule has 0 bridgehead atoms. The molecule has 0 aliphatic carbocycles. The summed E-state index contributed by atoms with van der Waals surface area (Å²) in [5.74, 6) is -0.898. The maximum absolute atomic E-state index is 12.1. The van der Waals surface area contributed by atoms with E-state index in [0.29, 0.717) is 18.4 Å². The Hall–Kier alpha value is -3.03. The summed E-state index contributed by atoms with van der Waals surface area (Å²) in [5.41, 5.74) is 0.880. The van der Waals surface area contributed by atoms with Crippen LogP contribution in [0.4, 0.5) is 0 Å². The molecule has 0 amide bonds. The monoisotopic (exact) mass is 573 g/mol. The normalized spacial score (nSPS) is 17.0. The number of aliphatic hydroxyl groups is 3. The van der Waals surface area contributed by atoms with Crippen LogP contribution in [-0.4, -0.2) is 57.5 Å². The number of carboxylic acids is 1. The highest BCUT2D eigenvalue weighted by molar-refractivity contribution is 5.81. The fourth-order valence-corrected chi connectivity index (χ4v) is 6.59. The SMILES string of the molecule is CCCCCC(CO)(C(=O)O)c1ccc(C(O)CCCN2CCC(C(O)(c3ccccc3)c3ccccc3)CC2)cc1. The van der Waals surface area contributed by atoms with Gasteiger partial charge in [0.1, 0.15) is 11.0 Å². The Balaban J connectivity index is 1.31. The molecule has 42 heavy (non-hydrogen) atoms. The minimum absolute atomic E-state index is 0.112. The third-order valence-corrected chi connectivity index (χ3v) is 9.29. The van der Waals surface area contributed by atoms with Crippen LogP contribution in [0.25, 0.3) is 0 Å². The van der Waals surface area contributed by atoms with Gasteiger partial charge in [0.2, 0.25) is 0 Å². The lowest BCUT2D eigenvalue weighted by molar-refractivity contribution is -0.146. The lowest BCUT2D eigenvalue weighted by Gasteiger charge is -2.42. The molecule has 3 aromatic carbocycles. The minimum Gasteiger partial charge on any atom is -0.481 e. The number of nitrogens with zero attached hydrogens (tertiary/aromatic N) is 1. The van der Waals surface area contributed by atoms with Crippen LogP contribution in [0.2, 0.25) is 0 Å². The molecule has 226 valence electrons. The van der Waals surface area contributed by atoms with Gasteiger partial charge in [-0.3, -0.25) is 4.79 Å². The average molecular weight is 574 g/mol. The van der Waals surface area contributed by atoms with Crippen molar-refractivity contribution in [2.75, 3.05) is 26.2 Å². The molecule has 0 aromatic heterocycles. The Kier molecular flexibility index (Phi) is 11.3. The third kappa shape index (κ3) is 7.12. The Morgan fingerprint density at radius 2 is 1.43 bits per heavy atom. The number of carboxylic acid groups (broad SMARTS) is 1. The molecule has 1 aliphatic heterocycles. The fraction of sp³-hybridized carbons (Fsp3) is 0.472. The van der Waals surface area contributed by atoms with Gasteiger partial charge in [-0.1, -0.05) is 111 Å². The molecule has 0 radical (unpaired) electrons. The van der Waals surface area contributed by atoms with Crippen molar-refractivity contribution in [1.29, 1.82) is 0 Å². The van der Waals surface area contributed by atoms with Gasteiger partial charge in [0.05, 0.1) is 12.7 Å². The summed E-state index contributed by atoms with van der Waals surface area (Å²) in [5, 5.41) is 43.0. The highest BCUT2D eigenvalue weighted by atomic mass is 16.4. The first-order valence-electron chi connectivity index (χ1n) is 15.5. The van der Waals surface area contributed by atoms with Gasteiger partial charge in [0.25, 0.3) is 0 Å². The summed E-state index contributed by atoms with van der Waals surface area (Å²) < 4.78 is 0. The molecule has 6 nitrogen and oxygen atoms in total. The molecule has 4 N–H and O–H groups in total. The molecule has 1 saturated heterocycles. The quantitative estimate of drug-likeness (QED) is 0.165. The van der Waals surface area contributed by atoms with E-state index in [1.807, 2.05) is 60.7 Å². The van der Waals surface area contributed by atoms with Crippen molar-refractivity contribution in [1.82, 2.24) is 4.90 Å². The Labute approximate surface area is 250 Å². The molecule has 2 unspecified atom stereocenters. The van der Waals surface area contributed by atoms with Gasteiger partial charge < -0.3 is 25.3 Å². The second-order valence-corrected chi connectivity index (χ2v) is 11.9. The predicted octanol–water partition coefficient (Wildman–Crippen LogP) is 6.04. The van der Waals surface area contributed by atoms with E-state index in [-0.39, 0.29) is 5.92 Å². The highest BCUT2D eigenvalue weighted by Gasteiger charge is 2.42. The Bertz CT molecular complexity index is 1190. The van der Waals surface area contributed by atoms with Crippen molar-refractivity contribution in [2.24, 2.45) is 5.92 Å². The zero-order chi connectivity index (χ0) is 30.0. The topological polar surface area (TPSA) is 101 Å². The lowest BCUT2D eigenvalue weighted by Crippen LogP contribution is -2.44. The van der Waals surface area contributed by atoms with Gasteiger partial charge in [-0.05, 0) is 79.9 Å². The summed E-state index contributed by atoms with van der Waals surface area (Å²) >= 11 is 0. The number of benzene rings is 3. The van der Waals surface area contributed by atoms with Crippen LogP contribution < -0.4 is 0 Å². The number of hydrogen-bond donors (Lipinski definition) is 4. The largest absolute Gasteiger partial charge is 0.481 e. The smallest absolute Gasteiger partial charge is 0.316 e. The minimum atomic E-state index is -1.31. The van der Waals surface area contributed by atoms with Gasteiger partial charge in [-0.15, -0.1) is 0 Å². The summed E-state index contributed by atoms with van der Waals surface area (Å²) in [6.07, 6.45) is 5.61. The molecule has 2 atom stereocenters. The van der Waals surface area contributed by atoms with Gasteiger partial charge >= 0.3 is 5.97 Å². The Morgan fingerprint density at radius 1 is 0.857 bits per heavy atom. The van der Waals surface area contributed by atoms with Crippen molar-refractivity contribution in [3.8, 4) is 0 Å². The number of aliphatic carboxylic acids is 1. The summed E-state index contributed by atoms with van der Waals surface area (Å²) in [7, 11) is 0. The number of carbonyl (C=O) groups is 1. The molecular weight excluding hydrogens is 526 g/mol. The van der Waals surface area contributed by atoms with Gasteiger partial charge in [-0.2, -0.15) is 0 Å². The Morgan fingerprint density at radius 3 is 1.93 bits per heavy atom. The molecule has 3 aromatic rings. The van der Waals surface area contributed by atoms with E-state index in [1.165, 1.54) is 0 Å². The van der Waals surface area contributed by atoms with Gasteiger partial charge in [0.15, 0.2) is 0 Å². The first-order valence-corrected chi connectivity index (χ1v) is 15.5. The third-order valence-electron chi connectivity index (χ3n) is 9.29. The second-order valence-electron chi connectivity index (χ2n) is 11.9. The van der Waals surface area contributed by atoms with E-state index in [0.717, 1.165) is 74.8 Å². The van der Waals surface area contributed by atoms with Crippen LogP contribution in [-0.2, 0) is 15.8 Å². The summed E-state index contributed by atoms with van der Waals surface area (Å²) in [6, 6.07) is 27.1. The molecule has 0 spiro atoms. The number of unbranched alkanes of at least 4 members (excludes halogenated alkanes) is 2. The van der Waals surface area contributed by atoms with Gasteiger partial charge in [0, 0.05) is 0 Å². The lowest BCUT2D eigenvalue weighted by atomic mass is 9.72.